The van der Waals surface area contributed by atoms with Gasteiger partial charge in [0, 0.05) is 50.9 Å². The maximum Gasteiger partial charge on any atom is 0.185 e. The molecule has 0 spiro atoms. The summed E-state index contributed by atoms with van der Waals surface area (Å²) in [5.74, 6) is 1.02. The first-order valence-electron chi connectivity index (χ1n) is 8.41. The highest BCUT2D eigenvalue weighted by atomic mass is 32.1. The number of nitrogens with zero attached hydrogens (tertiary/aromatic N) is 4. The summed E-state index contributed by atoms with van der Waals surface area (Å²) in [6.07, 6.45) is 4.29. The van der Waals surface area contributed by atoms with Crippen LogP contribution in [0.2, 0.25) is 0 Å². The number of aliphatic hydroxyl groups is 1. The minimum atomic E-state index is 0.293. The molecule has 0 unspecified atom stereocenters. The fraction of sp³-hybridized carbons (Fsp3) is 0.812. The van der Waals surface area contributed by atoms with E-state index in [2.05, 4.69) is 26.7 Å². The lowest BCUT2D eigenvalue weighted by atomic mass is 9.89. The van der Waals surface area contributed by atoms with Crippen molar-refractivity contribution < 1.29 is 5.11 Å². The Labute approximate surface area is 137 Å². The average molecular weight is 324 g/mol. The highest BCUT2D eigenvalue weighted by Gasteiger charge is 2.29. The average Bonchev–Trinajstić information content (AvgIpc) is 2.99. The molecule has 0 radical (unpaired) electrons. The fourth-order valence-electron chi connectivity index (χ4n) is 3.76. The van der Waals surface area contributed by atoms with E-state index >= 15 is 0 Å². The van der Waals surface area contributed by atoms with Crippen LogP contribution in [-0.2, 0) is 0 Å². The summed E-state index contributed by atoms with van der Waals surface area (Å²) in [4.78, 5) is 11.9. The van der Waals surface area contributed by atoms with E-state index in [1.54, 1.807) is 11.3 Å². The SMILES string of the molecule is CN1CCCN(C[C@H]2C[C@@H](CO)CN(c3nccs3)C2)CC1. The number of anilines is 1. The Morgan fingerprint density at radius 2 is 2.09 bits per heavy atom. The Kier molecular flexibility index (Phi) is 5.68. The normalized spacial score (nSPS) is 28.7. The minimum absolute atomic E-state index is 0.293. The Hall–Kier alpha value is -0.690. The number of thiazole rings is 1. The molecule has 1 aromatic heterocycles. The van der Waals surface area contributed by atoms with Crippen molar-refractivity contribution in [3.63, 3.8) is 0 Å². The molecule has 22 heavy (non-hydrogen) atoms. The zero-order chi connectivity index (χ0) is 15.4. The standard InChI is InChI=1S/C16H28N4OS/c1-18-4-2-5-19(7-6-18)10-14-9-15(13-21)12-20(11-14)16-17-3-8-22-16/h3,8,14-15,21H,2,4-7,9-13H2,1H3/t14-,15-/m1/s1. The van der Waals surface area contributed by atoms with Crippen LogP contribution in [0.5, 0.6) is 0 Å². The molecule has 2 aliphatic rings. The van der Waals surface area contributed by atoms with Gasteiger partial charge in [-0.3, -0.25) is 0 Å². The largest absolute Gasteiger partial charge is 0.396 e. The highest BCUT2D eigenvalue weighted by molar-refractivity contribution is 7.13. The van der Waals surface area contributed by atoms with Crippen LogP contribution in [0.15, 0.2) is 11.6 Å². The highest BCUT2D eigenvalue weighted by Crippen LogP contribution is 2.28. The molecular formula is C16H28N4OS. The third kappa shape index (κ3) is 4.19. The van der Waals surface area contributed by atoms with Gasteiger partial charge in [0.1, 0.15) is 0 Å². The van der Waals surface area contributed by atoms with E-state index in [4.69, 9.17) is 0 Å². The van der Waals surface area contributed by atoms with Gasteiger partial charge in [0.05, 0.1) is 0 Å². The van der Waals surface area contributed by atoms with Crippen molar-refractivity contribution in [1.29, 1.82) is 0 Å². The predicted octanol–water partition coefficient (Wildman–Crippen LogP) is 1.22. The molecule has 5 nitrogen and oxygen atoms in total. The van der Waals surface area contributed by atoms with E-state index in [9.17, 15) is 5.11 Å². The number of rotatable bonds is 4. The number of piperidine rings is 1. The Morgan fingerprint density at radius 3 is 2.86 bits per heavy atom. The number of hydrogen-bond donors (Lipinski definition) is 1. The van der Waals surface area contributed by atoms with Crippen LogP contribution in [0, 0.1) is 11.8 Å². The summed E-state index contributed by atoms with van der Waals surface area (Å²) >= 11 is 1.71. The molecule has 3 heterocycles. The van der Waals surface area contributed by atoms with E-state index in [1.807, 2.05) is 11.6 Å². The van der Waals surface area contributed by atoms with Crippen molar-refractivity contribution in [1.82, 2.24) is 14.8 Å². The molecule has 6 heteroatoms. The van der Waals surface area contributed by atoms with E-state index in [-0.39, 0.29) is 0 Å². The van der Waals surface area contributed by atoms with Crippen molar-refractivity contribution in [2.45, 2.75) is 12.8 Å². The van der Waals surface area contributed by atoms with Crippen LogP contribution in [0.3, 0.4) is 0 Å². The molecule has 0 bridgehead atoms. The number of aromatic nitrogens is 1. The molecule has 1 N–H and O–H groups in total. The topological polar surface area (TPSA) is 42.8 Å². The van der Waals surface area contributed by atoms with E-state index in [0.29, 0.717) is 18.4 Å². The maximum absolute atomic E-state index is 9.65. The second kappa shape index (κ2) is 7.73. The van der Waals surface area contributed by atoms with E-state index in [1.165, 1.54) is 32.6 Å². The molecule has 1 aromatic rings. The molecule has 3 rings (SSSR count). The summed E-state index contributed by atoms with van der Waals surface area (Å²) in [5, 5.41) is 12.8. The third-order valence-corrected chi connectivity index (χ3v) is 5.73. The molecule has 124 valence electrons. The van der Waals surface area contributed by atoms with Crippen molar-refractivity contribution in [3.05, 3.63) is 11.6 Å². The Bertz CT molecular complexity index is 441. The molecule has 2 fully saturated rings. The second-order valence-corrected chi connectivity index (χ2v) is 7.70. The summed E-state index contributed by atoms with van der Waals surface area (Å²) in [6, 6.07) is 0. The first-order chi connectivity index (χ1) is 10.7. The third-order valence-electron chi connectivity index (χ3n) is 4.90. The molecule has 2 saturated heterocycles. The lowest BCUT2D eigenvalue weighted by molar-refractivity contribution is 0.155. The molecule has 0 aliphatic carbocycles. The van der Waals surface area contributed by atoms with E-state index < -0.39 is 0 Å². The van der Waals surface area contributed by atoms with Gasteiger partial charge in [-0.15, -0.1) is 11.3 Å². The molecule has 2 atom stereocenters. The van der Waals surface area contributed by atoms with Crippen molar-refractivity contribution in [2.24, 2.45) is 11.8 Å². The Balaban J connectivity index is 1.59. The quantitative estimate of drug-likeness (QED) is 0.902. The molecule has 0 aromatic carbocycles. The smallest absolute Gasteiger partial charge is 0.185 e. The van der Waals surface area contributed by atoms with Crippen LogP contribution in [0.4, 0.5) is 5.13 Å². The zero-order valence-electron chi connectivity index (χ0n) is 13.5. The van der Waals surface area contributed by atoms with Gasteiger partial charge in [-0.1, -0.05) is 0 Å². The van der Waals surface area contributed by atoms with Gasteiger partial charge in [0.15, 0.2) is 5.13 Å². The summed E-state index contributed by atoms with van der Waals surface area (Å²) in [6.45, 7) is 8.25. The molecule has 2 aliphatic heterocycles. The van der Waals surface area contributed by atoms with Crippen molar-refractivity contribution >= 4 is 16.5 Å². The van der Waals surface area contributed by atoms with Gasteiger partial charge >= 0.3 is 0 Å². The van der Waals surface area contributed by atoms with Gasteiger partial charge in [0.2, 0.25) is 0 Å². The maximum atomic E-state index is 9.65. The van der Waals surface area contributed by atoms with Gasteiger partial charge in [-0.25, -0.2) is 4.98 Å². The lowest BCUT2D eigenvalue weighted by Gasteiger charge is -2.39. The van der Waals surface area contributed by atoms with Crippen LogP contribution in [0.1, 0.15) is 12.8 Å². The van der Waals surface area contributed by atoms with Gasteiger partial charge < -0.3 is 19.8 Å². The fourth-order valence-corrected chi connectivity index (χ4v) is 4.42. The summed E-state index contributed by atoms with van der Waals surface area (Å²) in [5.41, 5.74) is 0. The van der Waals surface area contributed by atoms with Crippen molar-refractivity contribution in [3.8, 4) is 0 Å². The Morgan fingerprint density at radius 1 is 1.23 bits per heavy atom. The van der Waals surface area contributed by atoms with Crippen LogP contribution < -0.4 is 4.90 Å². The van der Waals surface area contributed by atoms with Crippen molar-refractivity contribution in [2.75, 3.05) is 64.4 Å². The molecule has 0 saturated carbocycles. The first-order valence-corrected chi connectivity index (χ1v) is 9.28. The number of aliphatic hydroxyl groups excluding tert-OH is 1. The van der Waals surface area contributed by atoms with Gasteiger partial charge in [-0.2, -0.15) is 0 Å². The van der Waals surface area contributed by atoms with Gasteiger partial charge in [-0.05, 0) is 44.8 Å². The zero-order valence-corrected chi connectivity index (χ0v) is 14.3. The number of likely N-dealkylation sites (N-methyl/N-ethyl adjacent to an activating group) is 1. The summed E-state index contributed by atoms with van der Waals surface area (Å²) in [7, 11) is 2.22. The molecule has 0 amide bonds. The van der Waals surface area contributed by atoms with Crippen LogP contribution in [-0.4, -0.2) is 79.4 Å². The second-order valence-electron chi connectivity index (χ2n) is 6.83. The van der Waals surface area contributed by atoms with E-state index in [0.717, 1.165) is 31.2 Å². The van der Waals surface area contributed by atoms with Crippen LogP contribution >= 0.6 is 11.3 Å². The van der Waals surface area contributed by atoms with Crippen LogP contribution in [0.25, 0.3) is 0 Å². The number of hydrogen-bond acceptors (Lipinski definition) is 6. The first kappa shape index (κ1) is 16.2. The monoisotopic (exact) mass is 324 g/mol. The molecular weight excluding hydrogens is 296 g/mol. The predicted molar refractivity (Wildman–Crippen MR) is 91.6 cm³/mol. The lowest BCUT2D eigenvalue weighted by Crippen LogP contribution is -2.46. The minimum Gasteiger partial charge on any atom is -0.396 e. The van der Waals surface area contributed by atoms with Gasteiger partial charge in [0.25, 0.3) is 0 Å². The summed E-state index contributed by atoms with van der Waals surface area (Å²) < 4.78 is 0.